The van der Waals surface area contributed by atoms with Crippen LogP contribution in [-0.2, 0) is 18.4 Å². The number of carbonyl (C=O) groups excluding carboxylic acids is 1. The van der Waals surface area contributed by atoms with Crippen molar-refractivity contribution in [1.82, 2.24) is 5.32 Å². The van der Waals surface area contributed by atoms with E-state index in [0.717, 1.165) is 96.3 Å². The van der Waals surface area contributed by atoms with Gasteiger partial charge in [-0.3, -0.25) is 9.36 Å². The maximum absolute atomic E-state index is 12.8. The molecule has 0 rings (SSSR count). The summed E-state index contributed by atoms with van der Waals surface area (Å²) in [6, 6.07) is -0.937. The highest BCUT2D eigenvalue weighted by molar-refractivity contribution is 7.45. The summed E-state index contributed by atoms with van der Waals surface area (Å²) in [5.74, 6) is -0.256. The molecule has 3 unspecified atom stereocenters. The van der Waals surface area contributed by atoms with Gasteiger partial charge in [0.25, 0.3) is 7.82 Å². The Bertz CT molecular complexity index is 1510. The van der Waals surface area contributed by atoms with E-state index in [1.54, 1.807) is 6.08 Å². The molecule has 0 aliphatic heterocycles. The van der Waals surface area contributed by atoms with Crippen molar-refractivity contribution in [3.8, 4) is 0 Å². The minimum absolute atomic E-state index is 0.0255. The number of hydrogen-bond donors (Lipinski definition) is 2. The SMILES string of the molecule is C/C=C/CC/C=C/CC/C=C/C(O)C(COP(=O)([O-])OCC[N+](C)(C)C)NC(=O)CCCCC/C=C\C/C=C\C/C=C\C/C=C\C/C=C\C/C=C\C/C=C\C/C=C\C/C=C\CC. The molecule has 0 spiro atoms. The average molecular weight is 877 g/mol. The summed E-state index contributed by atoms with van der Waals surface area (Å²) >= 11 is 0. The third kappa shape index (κ3) is 44.4. The lowest BCUT2D eigenvalue weighted by molar-refractivity contribution is -0.870. The number of nitrogens with zero attached hydrogens (tertiary/aromatic N) is 1. The van der Waals surface area contributed by atoms with Crippen LogP contribution in [0.5, 0.6) is 0 Å². The van der Waals surface area contributed by atoms with Crippen LogP contribution >= 0.6 is 7.82 Å². The molecule has 0 saturated carbocycles. The first-order valence-corrected chi connectivity index (χ1v) is 24.6. The third-order valence-electron chi connectivity index (χ3n) is 9.11. The number of rotatable bonds is 39. The van der Waals surface area contributed by atoms with Crippen molar-refractivity contribution in [3.63, 3.8) is 0 Å². The standard InChI is InChI=1S/C53H85N2O6P/c1-6-8-10-12-14-16-17-18-19-20-21-22-23-24-25-26-27-28-29-30-31-32-33-34-35-36-37-39-41-43-45-47-53(57)54-51(50-61-62(58,59)60-49-48-55(3,4)5)52(56)46-44-42-40-38-15-13-11-9-7-2/h7-10,14-16,18-19,21-22,24-25,27-28,30-31,33-34,36-38,44,46,51-52,56H,6,11-13,17,20,23,26,29,32,35,39-43,45,47-50H2,1-5H3,(H-,54,57,58,59)/b9-7+,10-8-,16-14-,19-18-,22-21-,25-24-,28-27-,31-30-,34-33-,37-36-,38-15+,46-44+. The highest BCUT2D eigenvalue weighted by Crippen LogP contribution is 2.38. The number of aliphatic hydroxyl groups excluding tert-OH is 1. The zero-order valence-corrected chi connectivity index (χ0v) is 40.1. The van der Waals surface area contributed by atoms with Crippen molar-refractivity contribution >= 4 is 13.7 Å². The summed E-state index contributed by atoms with van der Waals surface area (Å²) in [5, 5.41) is 13.6. The van der Waals surface area contributed by atoms with Crippen LogP contribution in [0.1, 0.15) is 129 Å². The number of likely N-dealkylation sites (N-methyl/N-ethyl adjacent to an activating group) is 1. The van der Waals surface area contributed by atoms with Crippen molar-refractivity contribution in [2.24, 2.45) is 0 Å². The lowest BCUT2D eigenvalue weighted by Crippen LogP contribution is -2.45. The molecular formula is C53H85N2O6P. The van der Waals surface area contributed by atoms with Gasteiger partial charge in [0.05, 0.1) is 39.9 Å². The van der Waals surface area contributed by atoms with Crippen molar-refractivity contribution in [3.05, 3.63) is 146 Å². The molecule has 8 nitrogen and oxygen atoms in total. The van der Waals surface area contributed by atoms with Gasteiger partial charge in [-0.2, -0.15) is 0 Å². The Kier molecular flexibility index (Phi) is 40.2. The van der Waals surface area contributed by atoms with E-state index in [1.165, 1.54) is 0 Å². The molecular weight excluding hydrogens is 792 g/mol. The maximum Gasteiger partial charge on any atom is 0.268 e. The second kappa shape index (κ2) is 42.7. The van der Waals surface area contributed by atoms with Crippen LogP contribution in [0, 0.1) is 0 Å². The van der Waals surface area contributed by atoms with E-state index in [9.17, 15) is 19.4 Å². The second-order valence-corrected chi connectivity index (χ2v) is 17.4. The highest BCUT2D eigenvalue weighted by Gasteiger charge is 2.23. The molecule has 0 fully saturated rings. The second-order valence-electron chi connectivity index (χ2n) is 16.0. The summed E-state index contributed by atoms with van der Waals surface area (Å²) in [7, 11) is 1.18. The predicted octanol–water partition coefficient (Wildman–Crippen LogP) is 12.8. The van der Waals surface area contributed by atoms with Crippen molar-refractivity contribution < 1.29 is 32.9 Å². The van der Waals surface area contributed by atoms with Gasteiger partial charge >= 0.3 is 0 Å². The van der Waals surface area contributed by atoms with E-state index in [-0.39, 0.29) is 18.9 Å². The van der Waals surface area contributed by atoms with Gasteiger partial charge in [0.2, 0.25) is 5.91 Å². The summed E-state index contributed by atoms with van der Waals surface area (Å²) in [6.07, 6.45) is 66.5. The van der Waals surface area contributed by atoms with Crippen LogP contribution in [-0.4, -0.2) is 68.5 Å². The van der Waals surface area contributed by atoms with Crippen LogP contribution in [0.2, 0.25) is 0 Å². The number of phosphoric acid groups is 1. The minimum atomic E-state index is -4.62. The van der Waals surface area contributed by atoms with Gasteiger partial charge in [-0.25, -0.2) is 0 Å². The summed E-state index contributed by atoms with van der Waals surface area (Å²) < 4.78 is 23.1. The minimum Gasteiger partial charge on any atom is -0.756 e. The van der Waals surface area contributed by atoms with Crippen molar-refractivity contribution in [2.45, 2.75) is 142 Å². The fourth-order valence-electron chi connectivity index (χ4n) is 5.47. The maximum atomic E-state index is 12.8. The molecule has 0 aromatic heterocycles. The zero-order valence-electron chi connectivity index (χ0n) is 39.2. The zero-order chi connectivity index (χ0) is 45.7. The number of phosphoric ester groups is 1. The van der Waals surface area contributed by atoms with Gasteiger partial charge in [0.15, 0.2) is 0 Å². The lowest BCUT2D eigenvalue weighted by Gasteiger charge is -2.29. The largest absolute Gasteiger partial charge is 0.756 e. The number of unbranched alkanes of at least 4 members (excludes halogenated alkanes) is 5. The Labute approximate surface area is 378 Å². The molecule has 0 radical (unpaired) electrons. The number of amides is 1. The predicted molar refractivity (Wildman–Crippen MR) is 264 cm³/mol. The van der Waals surface area contributed by atoms with Gasteiger partial charge < -0.3 is 28.8 Å². The Morgan fingerprint density at radius 3 is 1.47 bits per heavy atom. The van der Waals surface area contributed by atoms with E-state index < -0.39 is 26.6 Å². The number of allylic oxidation sites excluding steroid dienone is 23. The molecule has 0 aromatic rings. The van der Waals surface area contributed by atoms with Crippen molar-refractivity contribution in [1.29, 1.82) is 0 Å². The molecule has 2 N–H and O–H groups in total. The normalized spacial score (nSPS) is 15.5. The van der Waals surface area contributed by atoms with E-state index in [2.05, 4.69) is 140 Å². The fraction of sp³-hybridized carbons (Fsp3) is 0.528. The monoisotopic (exact) mass is 877 g/mol. The molecule has 0 aliphatic carbocycles. The molecule has 348 valence electrons. The Morgan fingerprint density at radius 2 is 1.02 bits per heavy atom. The van der Waals surface area contributed by atoms with Crippen LogP contribution in [0.4, 0.5) is 0 Å². The smallest absolute Gasteiger partial charge is 0.268 e. The number of nitrogens with one attached hydrogen (secondary N) is 1. The molecule has 0 aromatic carbocycles. The number of quaternary nitrogens is 1. The van der Waals surface area contributed by atoms with Crippen LogP contribution in [0.25, 0.3) is 0 Å². The first-order valence-electron chi connectivity index (χ1n) is 23.2. The summed E-state index contributed by atoms with van der Waals surface area (Å²) in [5.41, 5.74) is 0. The molecule has 3 atom stereocenters. The molecule has 1 amide bonds. The Balaban J connectivity index is 4.33. The lowest BCUT2D eigenvalue weighted by atomic mass is 10.1. The van der Waals surface area contributed by atoms with Crippen LogP contribution in [0.3, 0.4) is 0 Å². The number of hydrogen-bond acceptors (Lipinski definition) is 6. The summed E-state index contributed by atoms with van der Waals surface area (Å²) in [6.45, 7) is 4.19. The Morgan fingerprint density at radius 1 is 0.597 bits per heavy atom. The quantitative estimate of drug-likeness (QED) is 0.0276. The average Bonchev–Trinajstić information content (AvgIpc) is 3.23. The van der Waals surface area contributed by atoms with Crippen LogP contribution in [0.15, 0.2) is 146 Å². The molecule has 0 saturated heterocycles. The van der Waals surface area contributed by atoms with E-state index in [0.29, 0.717) is 23.9 Å². The van der Waals surface area contributed by atoms with E-state index in [1.807, 2.05) is 40.2 Å². The molecule has 0 heterocycles. The summed E-state index contributed by atoms with van der Waals surface area (Å²) in [4.78, 5) is 25.2. The van der Waals surface area contributed by atoms with E-state index in [4.69, 9.17) is 9.05 Å². The number of aliphatic hydroxyl groups is 1. The topological polar surface area (TPSA) is 108 Å². The first kappa shape index (κ1) is 58.4. The fourth-order valence-corrected chi connectivity index (χ4v) is 6.20. The van der Waals surface area contributed by atoms with E-state index >= 15 is 0 Å². The van der Waals surface area contributed by atoms with Gasteiger partial charge in [0.1, 0.15) is 13.2 Å². The molecule has 62 heavy (non-hydrogen) atoms. The number of carbonyl (C=O) groups is 1. The van der Waals surface area contributed by atoms with Gasteiger partial charge in [-0.15, -0.1) is 0 Å². The van der Waals surface area contributed by atoms with Gasteiger partial charge in [0, 0.05) is 6.42 Å². The molecule has 9 heteroatoms. The van der Waals surface area contributed by atoms with Crippen molar-refractivity contribution in [2.75, 3.05) is 40.9 Å². The molecule has 0 aliphatic rings. The van der Waals surface area contributed by atoms with Crippen LogP contribution < -0.4 is 10.2 Å². The third-order valence-corrected chi connectivity index (χ3v) is 10.1. The first-order chi connectivity index (χ1) is 30.0. The van der Waals surface area contributed by atoms with Gasteiger partial charge in [-0.1, -0.05) is 159 Å². The van der Waals surface area contributed by atoms with Gasteiger partial charge in [-0.05, 0) is 110 Å². The highest BCUT2D eigenvalue weighted by atomic mass is 31.2. The Hall–Kier alpha value is -3.62. The molecule has 0 bridgehead atoms.